The smallest absolute Gasteiger partial charge is 0.262 e. The lowest BCUT2D eigenvalue weighted by molar-refractivity contribution is -0.122. The van der Waals surface area contributed by atoms with Crippen LogP contribution in [-0.2, 0) is 11.3 Å². The number of aryl methyl sites for hydroxylation is 2. The van der Waals surface area contributed by atoms with E-state index in [9.17, 15) is 9.59 Å². The molecule has 0 bridgehead atoms. The molecular weight excluding hydrogens is 366 g/mol. The maximum absolute atomic E-state index is 12.6. The molecule has 2 aromatic heterocycles. The largest absolute Gasteiger partial charge is 0.486 e. The second-order valence-corrected chi connectivity index (χ2v) is 7.65. The number of benzene rings is 1. The Balaban J connectivity index is 1.40. The summed E-state index contributed by atoms with van der Waals surface area (Å²) in [4.78, 5) is 31.0. The number of hydrogen-bond donors (Lipinski definition) is 1. The van der Waals surface area contributed by atoms with E-state index in [2.05, 4.69) is 10.3 Å². The molecule has 0 radical (unpaired) electrons. The van der Waals surface area contributed by atoms with Gasteiger partial charge in [-0.3, -0.25) is 14.2 Å². The lowest BCUT2D eigenvalue weighted by Crippen LogP contribution is -2.42. The number of thiophene rings is 1. The van der Waals surface area contributed by atoms with Crippen LogP contribution in [0, 0.1) is 13.8 Å². The van der Waals surface area contributed by atoms with Crippen LogP contribution < -0.4 is 20.3 Å². The molecule has 1 N–H and O–H groups in total. The number of hydrogen-bond acceptors (Lipinski definition) is 6. The number of ether oxygens (including phenoxy) is 2. The zero-order chi connectivity index (χ0) is 19.0. The highest BCUT2D eigenvalue weighted by Crippen LogP contribution is 2.30. The van der Waals surface area contributed by atoms with Crippen molar-refractivity contribution in [3.63, 3.8) is 0 Å². The number of carbonyl (C=O) groups excluding carboxylic acids is 1. The van der Waals surface area contributed by atoms with Crippen LogP contribution in [0.15, 0.2) is 35.4 Å². The van der Waals surface area contributed by atoms with Crippen molar-refractivity contribution in [3.05, 3.63) is 51.4 Å². The summed E-state index contributed by atoms with van der Waals surface area (Å²) < 4.78 is 12.8. The lowest BCUT2D eigenvalue weighted by Gasteiger charge is -2.26. The summed E-state index contributed by atoms with van der Waals surface area (Å²) in [5, 5.41) is 3.39. The molecule has 27 heavy (non-hydrogen) atoms. The molecule has 0 spiro atoms. The van der Waals surface area contributed by atoms with E-state index in [1.165, 1.54) is 22.2 Å². The molecular formula is C19H19N3O4S. The molecule has 0 aliphatic carbocycles. The Labute approximate surface area is 159 Å². The fraction of sp³-hybridized carbons (Fsp3) is 0.316. The minimum atomic E-state index is -0.275. The molecule has 1 unspecified atom stereocenters. The van der Waals surface area contributed by atoms with Gasteiger partial charge in [-0.1, -0.05) is 12.1 Å². The maximum atomic E-state index is 12.6. The van der Waals surface area contributed by atoms with Crippen molar-refractivity contribution in [2.24, 2.45) is 0 Å². The Kier molecular flexibility index (Phi) is 4.57. The van der Waals surface area contributed by atoms with Crippen LogP contribution in [0.25, 0.3) is 10.2 Å². The van der Waals surface area contributed by atoms with Gasteiger partial charge in [-0.15, -0.1) is 11.3 Å². The first-order valence-electron chi connectivity index (χ1n) is 8.63. The summed E-state index contributed by atoms with van der Waals surface area (Å²) in [6.07, 6.45) is 1.15. The highest BCUT2D eigenvalue weighted by molar-refractivity contribution is 7.18. The third-order valence-electron chi connectivity index (χ3n) is 4.56. The summed E-state index contributed by atoms with van der Waals surface area (Å²) in [6, 6.07) is 7.42. The first kappa shape index (κ1) is 17.5. The number of amides is 1. The van der Waals surface area contributed by atoms with Gasteiger partial charge in [0.1, 0.15) is 24.1 Å². The summed E-state index contributed by atoms with van der Waals surface area (Å²) in [5.41, 5.74) is 0.733. The Morgan fingerprint density at radius 2 is 2.11 bits per heavy atom. The van der Waals surface area contributed by atoms with Gasteiger partial charge in [0.15, 0.2) is 11.5 Å². The Hall–Kier alpha value is -2.87. The van der Waals surface area contributed by atoms with E-state index < -0.39 is 0 Å². The van der Waals surface area contributed by atoms with Crippen LogP contribution >= 0.6 is 11.3 Å². The molecule has 8 heteroatoms. The van der Waals surface area contributed by atoms with Crippen molar-refractivity contribution in [3.8, 4) is 11.5 Å². The standard InChI is InChI=1S/C19H19N3O4S/c1-11-12(2)27-18-17(11)19(24)22(10-21-18)8-16(23)20-7-13-9-25-14-5-3-4-6-15(14)26-13/h3-6,10,13H,7-9H2,1-2H3,(H,20,23). The highest BCUT2D eigenvalue weighted by atomic mass is 32.1. The number of aromatic nitrogens is 2. The predicted octanol–water partition coefficient (Wildman–Crippen LogP) is 2.03. The van der Waals surface area contributed by atoms with Gasteiger partial charge in [0, 0.05) is 4.88 Å². The summed E-state index contributed by atoms with van der Waals surface area (Å²) in [6.45, 7) is 4.44. The second-order valence-electron chi connectivity index (χ2n) is 6.44. The van der Waals surface area contributed by atoms with E-state index in [-0.39, 0.29) is 24.1 Å². The van der Waals surface area contributed by atoms with Crippen molar-refractivity contribution in [1.82, 2.24) is 14.9 Å². The Morgan fingerprint density at radius 1 is 1.33 bits per heavy atom. The van der Waals surface area contributed by atoms with Gasteiger partial charge in [0.25, 0.3) is 5.56 Å². The summed E-state index contributed by atoms with van der Waals surface area (Å²) >= 11 is 1.49. The summed E-state index contributed by atoms with van der Waals surface area (Å²) in [5.74, 6) is 1.09. The number of nitrogens with one attached hydrogen (secondary N) is 1. The Morgan fingerprint density at radius 3 is 2.93 bits per heavy atom. The lowest BCUT2D eigenvalue weighted by atomic mass is 10.2. The van der Waals surface area contributed by atoms with E-state index in [0.29, 0.717) is 34.9 Å². The molecule has 0 saturated heterocycles. The quantitative estimate of drug-likeness (QED) is 0.743. The van der Waals surface area contributed by atoms with Gasteiger partial charge in [0.05, 0.1) is 18.3 Å². The van der Waals surface area contributed by atoms with E-state index in [1.54, 1.807) is 0 Å². The van der Waals surface area contributed by atoms with E-state index in [0.717, 1.165) is 10.4 Å². The molecule has 3 heterocycles. The number of rotatable bonds is 4. The van der Waals surface area contributed by atoms with Gasteiger partial charge in [-0.2, -0.15) is 0 Å². The van der Waals surface area contributed by atoms with Crippen LogP contribution in [0.1, 0.15) is 10.4 Å². The number of fused-ring (bicyclic) bond motifs is 2. The molecule has 1 aliphatic rings. The molecule has 1 atom stereocenters. The van der Waals surface area contributed by atoms with E-state index in [4.69, 9.17) is 9.47 Å². The third-order valence-corrected chi connectivity index (χ3v) is 5.68. The first-order valence-corrected chi connectivity index (χ1v) is 9.45. The van der Waals surface area contributed by atoms with Crippen LogP contribution in [0.2, 0.25) is 0 Å². The second kappa shape index (κ2) is 7.03. The zero-order valence-corrected chi connectivity index (χ0v) is 15.8. The topological polar surface area (TPSA) is 82.5 Å². The minimum absolute atomic E-state index is 0.0831. The molecule has 1 aliphatic heterocycles. The average Bonchev–Trinajstić information content (AvgIpc) is 2.97. The molecule has 140 valence electrons. The van der Waals surface area contributed by atoms with Crippen molar-refractivity contribution in [1.29, 1.82) is 0 Å². The summed E-state index contributed by atoms with van der Waals surface area (Å²) in [7, 11) is 0. The normalized spacial score (nSPS) is 15.7. The van der Waals surface area contributed by atoms with Gasteiger partial charge < -0.3 is 14.8 Å². The van der Waals surface area contributed by atoms with Gasteiger partial charge in [-0.05, 0) is 31.5 Å². The molecule has 1 aromatic carbocycles. The molecule has 3 aromatic rings. The first-order chi connectivity index (χ1) is 13.0. The van der Waals surface area contributed by atoms with Gasteiger partial charge in [-0.25, -0.2) is 4.98 Å². The fourth-order valence-electron chi connectivity index (χ4n) is 2.98. The Bertz CT molecular complexity index is 1070. The molecule has 0 saturated carbocycles. The molecule has 1 amide bonds. The monoisotopic (exact) mass is 385 g/mol. The van der Waals surface area contributed by atoms with Gasteiger partial charge >= 0.3 is 0 Å². The highest BCUT2D eigenvalue weighted by Gasteiger charge is 2.21. The van der Waals surface area contributed by atoms with Crippen LogP contribution in [-0.4, -0.2) is 34.7 Å². The van der Waals surface area contributed by atoms with E-state index in [1.807, 2.05) is 38.1 Å². The minimum Gasteiger partial charge on any atom is -0.486 e. The van der Waals surface area contributed by atoms with Crippen LogP contribution in [0.5, 0.6) is 11.5 Å². The fourth-order valence-corrected chi connectivity index (χ4v) is 3.97. The van der Waals surface area contributed by atoms with Crippen LogP contribution in [0.3, 0.4) is 0 Å². The average molecular weight is 385 g/mol. The van der Waals surface area contributed by atoms with Gasteiger partial charge in [0.2, 0.25) is 5.91 Å². The van der Waals surface area contributed by atoms with Crippen molar-refractivity contribution in [2.75, 3.05) is 13.2 Å². The maximum Gasteiger partial charge on any atom is 0.262 e. The number of para-hydroxylation sites is 2. The molecule has 7 nitrogen and oxygen atoms in total. The van der Waals surface area contributed by atoms with Crippen LogP contribution in [0.4, 0.5) is 0 Å². The molecule has 4 rings (SSSR count). The SMILES string of the molecule is Cc1sc2ncn(CC(=O)NCC3COc4ccccc4O3)c(=O)c2c1C. The molecule has 0 fully saturated rings. The number of carbonyl (C=O) groups is 1. The van der Waals surface area contributed by atoms with Crippen molar-refractivity contribution in [2.45, 2.75) is 26.5 Å². The van der Waals surface area contributed by atoms with Crippen molar-refractivity contribution < 1.29 is 14.3 Å². The zero-order valence-electron chi connectivity index (χ0n) is 15.0. The third kappa shape index (κ3) is 3.40. The number of nitrogens with zero attached hydrogens (tertiary/aromatic N) is 2. The van der Waals surface area contributed by atoms with E-state index >= 15 is 0 Å². The van der Waals surface area contributed by atoms with Crippen molar-refractivity contribution >= 4 is 27.5 Å². The predicted molar refractivity (Wildman–Crippen MR) is 103 cm³/mol.